The number of rotatable bonds is 7. The predicted molar refractivity (Wildman–Crippen MR) is 113 cm³/mol. The van der Waals surface area contributed by atoms with Gasteiger partial charge in [-0.2, -0.15) is 0 Å². The monoisotopic (exact) mass is 444 g/mol. The lowest BCUT2D eigenvalue weighted by atomic mass is 9.95. The van der Waals surface area contributed by atoms with E-state index in [0.29, 0.717) is 21.9 Å². The highest BCUT2D eigenvalue weighted by atomic mass is 35.5. The number of amides is 2. The van der Waals surface area contributed by atoms with E-state index in [1.807, 2.05) is 0 Å². The van der Waals surface area contributed by atoms with Gasteiger partial charge in [0.2, 0.25) is 0 Å². The number of halogens is 1. The molecule has 2 aromatic carbocycles. The minimum atomic E-state index is -0.792. The predicted octanol–water partition coefficient (Wildman–Crippen LogP) is 3.38. The topological polar surface area (TPSA) is 103 Å². The Bertz CT molecular complexity index is 1000. The third-order valence-electron chi connectivity index (χ3n) is 4.53. The van der Waals surface area contributed by atoms with Crippen LogP contribution in [-0.2, 0) is 14.3 Å². The van der Waals surface area contributed by atoms with E-state index < -0.39 is 24.0 Å². The number of hydrogen-bond acceptors (Lipinski definition) is 6. The molecule has 1 aliphatic rings. The van der Waals surface area contributed by atoms with Gasteiger partial charge in [-0.3, -0.25) is 0 Å². The van der Waals surface area contributed by atoms with Gasteiger partial charge >= 0.3 is 18.0 Å². The van der Waals surface area contributed by atoms with Crippen LogP contribution in [0, 0.1) is 0 Å². The Morgan fingerprint density at radius 3 is 2.29 bits per heavy atom. The molecule has 31 heavy (non-hydrogen) atoms. The molecule has 0 aromatic heterocycles. The van der Waals surface area contributed by atoms with Crippen LogP contribution in [0.15, 0.2) is 59.8 Å². The lowest BCUT2D eigenvalue weighted by Gasteiger charge is -2.29. The number of benzene rings is 2. The first kappa shape index (κ1) is 22.2. The quantitative estimate of drug-likeness (QED) is 0.634. The van der Waals surface area contributed by atoms with Crippen LogP contribution in [-0.4, -0.2) is 38.3 Å². The fourth-order valence-corrected chi connectivity index (χ4v) is 3.16. The summed E-state index contributed by atoms with van der Waals surface area (Å²) in [6.07, 6.45) is 0. The van der Waals surface area contributed by atoms with Gasteiger partial charge < -0.3 is 24.8 Å². The van der Waals surface area contributed by atoms with Gasteiger partial charge in [0.05, 0.1) is 36.6 Å². The molecule has 0 aliphatic carbocycles. The highest BCUT2D eigenvalue weighted by Crippen LogP contribution is 2.29. The second kappa shape index (κ2) is 9.99. The van der Waals surface area contributed by atoms with Crippen LogP contribution in [0.1, 0.15) is 28.9 Å². The first-order chi connectivity index (χ1) is 14.9. The van der Waals surface area contributed by atoms with E-state index in [1.54, 1.807) is 55.5 Å². The highest BCUT2D eigenvalue weighted by Gasteiger charge is 2.34. The zero-order chi connectivity index (χ0) is 22.4. The van der Waals surface area contributed by atoms with E-state index in [-0.39, 0.29) is 24.5 Å². The van der Waals surface area contributed by atoms with E-state index in [1.165, 1.54) is 7.11 Å². The maximum absolute atomic E-state index is 12.7. The van der Waals surface area contributed by atoms with Crippen LogP contribution < -0.4 is 15.4 Å². The van der Waals surface area contributed by atoms with Crippen LogP contribution in [0.25, 0.3) is 0 Å². The Hall–Kier alpha value is -3.52. The number of carbonyl (C=O) groups is 3. The third-order valence-corrected chi connectivity index (χ3v) is 4.78. The highest BCUT2D eigenvalue weighted by molar-refractivity contribution is 6.30. The minimum absolute atomic E-state index is 0.141. The molecule has 0 saturated heterocycles. The van der Waals surface area contributed by atoms with E-state index in [2.05, 4.69) is 10.6 Å². The molecule has 0 radical (unpaired) electrons. The number of urea groups is 1. The normalized spacial score (nSPS) is 15.6. The maximum Gasteiger partial charge on any atom is 0.338 e. The molecule has 0 saturated carbocycles. The summed E-state index contributed by atoms with van der Waals surface area (Å²) in [5, 5.41) is 5.76. The average molecular weight is 445 g/mol. The van der Waals surface area contributed by atoms with Crippen molar-refractivity contribution >= 4 is 29.6 Å². The van der Waals surface area contributed by atoms with Gasteiger partial charge in [-0.15, -0.1) is 0 Å². The first-order valence-corrected chi connectivity index (χ1v) is 9.85. The van der Waals surface area contributed by atoms with Gasteiger partial charge in [-0.05, 0) is 48.9 Å². The second-order valence-electron chi connectivity index (χ2n) is 6.50. The van der Waals surface area contributed by atoms with Gasteiger partial charge in [0.1, 0.15) is 12.4 Å². The van der Waals surface area contributed by atoms with Crippen molar-refractivity contribution in [3.8, 4) is 5.75 Å². The van der Waals surface area contributed by atoms with Crippen LogP contribution in [0.3, 0.4) is 0 Å². The first-order valence-electron chi connectivity index (χ1n) is 9.47. The zero-order valence-corrected chi connectivity index (χ0v) is 17.7. The van der Waals surface area contributed by atoms with Crippen LogP contribution in [0.4, 0.5) is 4.79 Å². The molecule has 1 unspecified atom stereocenters. The van der Waals surface area contributed by atoms with E-state index in [9.17, 15) is 14.4 Å². The molecule has 9 heteroatoms. The number of methoxy groups -OCH3 is 1. The number of carbonyl (C=O) groups excluding carboxylic acids is 3. The van der Waals surface area contributed by atoms with Crippen molar-refractivity contribution in [1.29, 1.82) is 0 Å². The summed E-state index contributed by atoms with van der Waals surface area (Å²) in [4.78, 5) is 37.4. The molecule has 3 rings (SSSR count). The van der Waals surface area contributed by atoms with E-state index >= 15 is 0 Å². The lowest BCUT2D eigenvalue weighted by Crippen LogP contribution is -2.47. The van der Waals surface area contributed by atoms with Gasteiger partial charge in [0, 0.05) is 5.02 Å². The number of ether oxygens (including phenoxy) is 3. The summed E-state index contributed by atoms with van der Waals surface area (Å²) in [6.45, 7) is 1.49. The molecule has 0 fully saturated rings. The molecule has 1 aliphatic heterocycles. The minimum Gasteiger partial charge on any atom is -0.497 e. The molecule has 2 aromatic rings. The van der Waals surface area contributed by atoms with Crippen LogP contribution in [0.2, 0.25) is 5.02 Å². The Kier molecular flexibility index (Phi) is 7.15. The van der Waals surface area contributed by atoms with Crippen LogP contribution >= 0.6 is 11.6 Å². The molecule has 0 bridgehead atoms. The molecule has 1 heterocycles. The van der Waals surface area contributed by atoms with Crippen LogP contribution in [0.5, 0.6) is 5.75 Å². The SMILES string of the molecule is CCOC(=O)C1=C(COC(=O)c2ccc(OC)cc2)NC(=O)NC1c1ccc(Cl)cc1. The summed E-state index contributed by atoms with van der Waals surface area (Å²) in [5.41, 5.74) is 1.21. The molecule has 162 valence electrons. The summed E-state index contributed by atoms with van der Waals surface area (Å²) in [5.74, 6) is -0.653. The zero-order valence-electron chi connectivity index (χ0n) is 16.9. The molecule has 8 nitrogen and oxygen atoms in total. The van der Waals surface area contributed by atoms with Gasteiger partial charge in [-0.25, -0.2) is 14.4 Å². The van der Waals surface area contributed by atoms with E-state index in [4.69, 9.17) is 25.8 Å². The van der Waals surface area contributed by atoms with Crippen molar-refractivity contribution in [3.63, 3.8) is 0 Å². The van der Waals surface area contributed by atoms with Crippen molar-refractivity contribution < 1.29 is 28.6 Å². The van der Waals surface area contributed by atoms with Crippen molar-refractivity contribution in [2.75, 3.05) is 20.3 Å². The van der Waals surface area contributed by atoms with Crippen molar-refractivity contribution in [1.82, 2.24) is 10.6 Å². The standard InChI is InChI=1S/C22H21ClN2O6/c1-3-30-21(27)18-17(12-31-20(26)14-6-10-16(29-2)11-7-14)24-22(28)25-19(18)13-4-8-15(23)9-5-13/h4-11,19H,3,12H2,1-2H3,(H2,24,25,28). The smallest absolute Gasteiger partial charge is 0.338 e. The fourth-order valence-electron chi connectivity index (χ4n) is 3.04. The van der Waals surface area contributed by atoms with Gasteiger partial charge in [0.25, 0.3) is 0 Å². The Morgan fingerprint density at radius 1 is 1.00 bits per heavy atom. The molecular formula is C22H21ClN2O6. The Balaban J connectivity index is 1.88. The second-order valence-corrected chi connectivity index (χ2v) is 6.94. The Morgan fingerprint density at radius 2 is 1.68 bits per heavy atom. The average Bonchev–Trinajstić information content (AvgIpc) is 2.77. The van der Waals surface area contributed by atoms with Gasteiger partial charge in [-0.1, -0.05) is 23.7 Å². The third kappa shape index (κ3) is 5.35. The lowest BCUT2D eigenvalue weighted by molar-refractivity contribution is -0.139. The molecule has 0 spiro atoms. The summed E-state index contributed by atoms with van der Waals surface area (Å²) in [7, 11) is 1.52. The molecule has 2 N–H and O–H groups in total. The molecule has 1 atom stereocenters. The van der Waals surface area contributed by atoms with E-state index in [0.717, 1.165) is 0 Å². The summed E-state index contributed by atoms with van der Waals surface area (Å²) in [6, 6.07) is 11.7. The largest absolute Gasteiger partial charge is 0.497 e. The number of hydrogen-bond donors (Lipinski definition) is 2. The Labute approximate surface area is 184 Å². The maximum atomic E-state index is 12.7. The summed E-state index contributed by atoms with van der Waals surface area (Å²) >= 11 is 5.95. The van der Waals surface area contributed by atoms with Crippen molar-refractivity contribution in [3.05, 3.63) is 76.0 Å². The summed E-state index contributed by atoms with van der Waals surface area (Å²) < 4.78 is 15.6. The molecular weight excluding hydrogens is 424 g/mol. The van der Waals surface area contributed by atoms with Gasteiger partial charge in [0.15, 0.2) is 0 Å². The number of nitrogens with one attached hydrogen (secondary N) is 2. The van der Waals surface area contributed by atoms with Crippen molar-refractivity contribution in [2.24, 2.45) is 0 Å². The number of esters is 2. The van der Waals surface area contributed by atoms with Crippen molar-refractivity contribution in [2.45, 2.75) is 13.0 Å². The molecule has 2 amide bonds. The fraction of sp³-hybridized carbons (Fsp3) is 0.227.